The van der Waals surface area contributed by atoms with Crippen LogP contribution in [0.1, 0.15) is 6.42 Å². The Hall–Kier alpha value is -2.60. The monoisotopic (exact) mass is 283 g/mol. The number of rotatable bonds is 0. The molecule has 1 saturated heterocycles. The molecule has 6 heteroatoms. The molecule has 2 amide bonds. The van der Waals surface area contributed by atoms with Crippen molar-refractivity contribution in [2.24, 2.45) is 5.73 Å². The first-order valence-electron chi connectivity index (χ1n) is 6.75. The van der Waals surface area contributed by atoms with Crippen LogP contribution in [0.2, 0.25) is 0 Å². The van der Waals surface area contributed by atoms with Gasteiger partial charge in [-0.25, -0.2) is 4.79 Å². The van der Waals surface area contributed by atoms with Crippen molar-refractivity contribution in [1.82, 2.24) is 20.3 Å². The molecule has 3 N–H and O–H groups in total. The summed E-state index contributed by atoms with van der Waals surface area (Å²) in [6.07, 6.45) is 14.4. The highest BCUT2D eigenvalue weighted by atomic mass is 16.2. The highest BCUT2D eigenvalue weighted by Crippen LogP contribution is 2.41. The zero-order valence-corrected chi connectivity index (χ0v) is 11.5. The number of nitrogens with zero attached hydrogens (tertiary/aromatic N) is 3. The molecule has 0 bridgehead atoms. The van der Waals surface area contributed by atoms with Crippen LogP contribution < -0.4 is 11.2 Å². The van der Waals surface area contributed by atoms with Crippen molar-refractivity contribution in [3.05, 3.63) is 66.8 Å². The number of amides is 2. The van der Waals surface area contributed by atoms with Gasteiger partial charge in [0.05, 0.1) is 12.4 Å². The van der Waals surface area contributed by atoms with E-state index in [1.54, 1.807) is 17.3 Å². The predicted molar refractivity (Wildman–Crippen MR) is 79.2 cm³/mol. The molecule has 21 heavy (non-hydrogen) atoms. The Morgan fingerprint density at radius 1 is 1.33 bits per heavy atom. The van der Waals surface area contributed by atoms with Crippen LogP contribution in [-0.2, 0) is 0 Å². The fraction of sp³-hybridized carbons (Fsp3) is 0.200. The molecule has 1 aromatic heterocycles. The van der Waals surface area contributed by atoms with E-state index < -0.39 is 6.03 Å². The zero-order valence-electron chi connectivity index (χ0n) is 11.5. The first-order valence-corrected chi connectivity index (χ1v) is 6.75. The number of hydrogen-bond donors (Lipinski definition) is 2. The molecule has 0 radical (unpaired) electrons. The topological polar surface area (TPSA) is 74.5 Å². The van der Waals surface area contributed by atoms with Gasteiger partial charge in [0.2, 0.25) is 0 Å². The number of pyridine rings is 1. The van der Waals surface area contributed by atoms with Crippen molar-refractivity contribution >= 4 is 6.03 Å². The molecule has 1 atom stereocenters. The third kappa shape index (κ3) is 2.30. The summed E-state index contributed by atoms with van der Waals surface area (Å²) in [5, 5.41) is 2.02. The van der Waals surface area contributed by atoms with Crippen LogP contribution in [-0.4, -0.2) is 33.1 Å². The van der Waals surface area contributed by atoms with Crippen LogP contribution in [0.5, 0.6) is 0 Å². The largest absolute Gasteiger partial charge is 0.351 e. The zero-order chi connectivity index (χ0) is 14.7. The Labute approximate surface area is 123 Å². The Balaban J connectivity index is 0.000000186. The number of primary amides is 1. The lowest BCUT2D eigenvalue weighted by molar-refractivity contribution is 0.160. The van der Waals surface area contributed by atoms with E-state index in [1.807, 2.05) is 41.6 Å². The van der Waals surface area contributed by atoms with Gasteiger partial charge < -0.3 is 11.2 Å². The molecule has 1 aromatic rings. The number of aromatic nitrogens is 1. The summed E-state index contributed by atoms with van der Waals surface area (Å²) in [4.78, 5) is 16.7. The Morgan fingerprint density at radius 3 is 2.76 bits per heavy atom. The summed E-state index contributed by atoms with van der Waals surface area (Å²) in [6.45, 7) is 0.496. The van der Waals surface area contributed by atoms with Crippen LogP contribution in [0.15, 0.2) is 66.8 Å². The second-order valence-electron chi connectivity index (χ2n) is 4.93. The van der Waals surface area contributed by atoms with Gasteiger partial charge in [0, 0.05) is 18.6 Å². The van der Waals surface area contributed by atoms with Gasteiger partial charge in [-0.15, -0.1) is 0 Å². The van der Waals surface area contributed by atoms with E-state index >= 15 is 0 Å². The Morgan fingerprint density at radius 2 is 2.14 bits per heavy atom. The van der Waals surface area contributed by atoms with Crippen molar-refractivity contribution < 1.29 is 4.79 Å². The summed E-state index contributed by atoms with van der Waals surface area (Å²) in [7, 11) is 0. The smallest absolute Gasteiger partial charge is 0.320 e. The minimum atomic E-state index is -0.402. The van der Waals surface area contributed by atoms with Crippen LogP contribution in [0.4, 0.5) is 4.79 Å². The van der Waals surface area contributed by atoms with E-state index in [-0.39, 0.29) is 5.54 Å². The van der Waals surface area contributed by atoms with Crippen molar-refractivity contribution in [3.63, 3.8) is 0 Å². The number of urea groups is 1. The minimum absolute atomic E-state index is 0.205. The molecule has 0 saturated carbocycles. The maximum absolute atomic E-state index is 11.3. The molecule has 6 nitrogen and oxygen atoms in total. The lowest BCUT2D eigenvalue weighted by Crippen LogP contribution is -2.44. The molecule has 108 valence electrons. The summed E-state index contributed by atoms with van der Waals surface area (Å²) in [5.74, 6) is 0. The first-order chi connectivity index (χ1) is 10.2. The van der Waals surface area contributed by atoms with Gasteiger partial charge in [0.15, 0.2) is 0 Å². The van der Waals surface area contributed by atoms with E-state index in [0.29, 0.717) is 6.67 Å². The molecule has 2 aliphatic heterocycles. The number of hydrazine groups is 1. The van der Waals surface area contributed by atoms with Crippen molar-refractivity contribution in [1.29, 1.82) is 0 Å². The highest BCUT2D eigenvalue weighted by molar-refractivity contribution is 5.76. The van der Waals surface area contributed by atoms with Gasteiger partial charge in [-0.3, -0.25) is 9.88 Å². The standard InChI is InChI=1S/C10H12N4O.C5H5N/c11-9(15)13-7-14-10(5-6-12-14)4-2-1-3-8(10)13;1-2-4-6-5-3-1/h1-3,5-6,12H,4,7H2,(H2,11,15);1-5H. The maximum atomic E-state index is 11.3. The number of allylic oxidation sites excluding steroid dienone is 2. The number of hydrogen-bond acceptors (Lipinski definition) is 4. The van der Waals surface area contributed by atoms with Gasteiger partial charge in [0.25, 0.3) is 0 Å². The predicted octanol–water partition coefficient (Wildman–Crippen LogP) is 1.34. The second kappa shape index (κ2) is 5.41. The van der Waals surface area contributed by atoms with E-state index in [1.165, 1.54) is 0 Å². The van der Waals surface area contributed by atoms with E-state index in [0.717, 1.165) is 12.1 Å². The summed E-state index contributed by atoms with van der Waals surface area (Å²) in [6, 6.07) is 5.31. The summed E-state index contributed by atoms with van der Waals surface area (Å²) < 4.78 is 0. The molecule has 1 spiro atoms. The summed E-state index contributed by atoms with van der Waals surface area (Å²) in [5.41, 5.74) is 9.22. The fourth-order valence-corrected chi connectivity index (χ4v) is 2.74. The van der Waals surface area contributed by atoms with Gasteiger partial charge in [-0.05, 0) is 30.7 Å². The molecule has 0 aromatic carbocycles. The normalized spacial score (nSPS) is 25.3. The van der Waals surface area contributed by atoms with E-state index in [9.17, 15) is 4.79 Å². The quantitative estimate of drug-likeness (QED) is 0.753. The van der Waals surface area contributed by atoms with Gasteiger partial charge in [-0.2, -0.15) is 5.01 Å². The Bertz CT molecular complexity index is 583. The molecule has 1 fully saturated rings. The average molecular weight is 283 g/mol. The third-order valence-electron chi connectivity index (χ3n) is 3.74. The number of nitrogens with two attached hydrogens (primary N) is 1. The lowest BCUT2D eigenvalue weighted by Gasteiger charge is -2.30. The van der Waals surface area contributed by atoms with Gasteiger partial charge >= 0.3 is 6.03 Å². The minimum Gasteiger partial charge on any atom is -0.351 e. The first kappa shape index (κ1) is 13.4. The van der Waals surface area contributed by atoms with Crippen LogP contribution >= 0.6 is 0 Å². The highest BCUT2D eigenvalue weighted by Gasteiger charge is 2.50. The Kier molecular flexibility index (Phi) is 3.45. The second-order valence-corrected chi connectivity index (χ2v) is 4.93. The van der Waals surface area contributed by atoms with Gasteiger partial charge in [-0.1, -0.05) is 18.2 Å². The van der Waals surface area contributed by atoms with E-state index in [4.69, 9.17) is 5.73 Å². The van der Waals surface area contributed by atoms with Crippen LogP contribution in [0.25, 0.3) is 0 Å². The number of carbonyl (C=O) groups is 1. The van der Waals surface area contributed by atoms with Crippen molar-refractivity contribution in [2.45, 2.75) is 12.0 Å². The number of nitrogens with one attached hydrogen (secondary N) is 1. The SMILES string of the molecule is NC(=O)N1CN2NC=CC23CC=CC=C13.c1ccncc1. The molecular weight excluding hydrogens is 266 g/mol. The lowest BCUT2D eigenvalue weighted by atomic mass is 9.89. The van der Waals surface area contributed by atoms with E-state index in [2.05, 4.69) is 22.6 Å². The fourth-order valence-electron chi connectivity index (χ4n) is 2.74. The molecule has 1 aliphatic carbocycles. The third-order valence-corrected chi connectivity index (χ3v) is 3.74. The summed E-state index contributed by atoms with van der Waals surface area (Å²) >= 11 is 0. The molecular formula is C15H17N5O. The maximum Gasteiger partial charge on any atom is 0.320 e. The molecule has 4 rings (SSSR count). The average Bonchev–Trinajstić information content (AvgIpc) is 3.04. The van der Waals surface area contributed by atoms with Crippen LogP contribution in [0, 0.1) is 0 Å². The number of carbonyl (C=O) groups excluding carboxylic acids is 1. The molecule has 1 unspecified atom stereocenters. The van der Waals surface area contributed by atoms with Crippen molar-refractivity contribution in [2.75, 3.05) is 6.67 Å². The molecule has 3 aliphatic rings. The van der Waals surface area contributed by atoms with Gasteiger partial charge in [0.1, 0.15) is 5.54 Å². The van der Waals surface area contributed by atoms with Crippen LogP contribution in [0.3, 0.4) is 0 Å². The molecule has 3 heterocycles. The van der Waals surface area contributed by atoms with Crippen molar-refractivity contribution in [3.8, 4) is 0 Å².